The topological polar surface area (TPSA) is 68.4 Å². The number of aromatic nitrogens is 1. The number of alkyl halides is 3. The van der Waals surface area contributed by atoms with Crippen molar-refractivity contribution in [2.24, 2.45) is 0 Å². The Bertz CT molecular complexity index is 526. The molecule has 0 spiro atoms. The predicted molar refractivity (Wildman–Crippen MR) is 66.8 cm³/mol. The lowest BCUT2D eigenvalue weighted by molar-refractivity contribution is -0.275. The molecule has 0 saturated heterocycles. The van der Waals surface area contributed by atoms with Crippen LogP contribution in [0.3, 0.4) is 0 Å². The second-order valence-corrected chi connectivity index (χ2v) is 4.40. The molecule has 0 fully saturated rings. The maximum Gasteiger partial charge on any atom is 0.573 e. The first-order chi connectivity index (χ1) is 8.73. The molecule has 106 valence electrons. The Morgan fingerprint density at radius 2 is 2.11 bits per heavy atom. The van der Waals surface area contributed by atoms with Gasteiger partial charge in [-0.1, -0.05) is 0 Å². The second kappa shape index (κ2) is 6.26. The van der Waals surface area contributed by atoms with Crippen LogP contribution in [0.4, 0.5) is 13.2 Å². The SMILES string of the molecule is CCOC(=O)Cc1[nH]c(=O)cc(OC(F)(F)F)c1I. The molecule has 19 heavy (non-hydrogen) atoms. The van der Waals surface area contributed by atoms with Crippen molar-refractivity contribution in [3.8, 4) is 5.75 Å². The number of carbonyl (C=O) groups is 1. The number of H-pyrrole nitrogens is 1. The molecule has 0 aliphatic heterocycles. The molecule has 1 aromatic heterocycles. The van der Waals surface area contributed by atoms with Crippen LogP contribution in [0.15, 0.2) is 10.9 Å². The van der Waals surface area contributed by atoms with E-state index >= 15 is 0 Å². The molecule has 9 heteroatoms. The van der Waals surface area contributed by atoms with E-state index in [2.05, 4.69) is 14.5 Å². The number of hydrogen-bond donors (Lipinski definition) is 1. The summed E-state index contributed by atoms with van der Waals surface area (Å²) in [5, 5.41) is 0. The average molecular weight is 391 g/mol. The number of rotatable bonds is 4. The van der Waals surface area contributed by atoms with E-state index in [1.807, 2.05) is 0 Å². The van der Waals surface area contributed by atoms with Gasteiger partial charge in [0.15, 0.2) is 0 Å². The summed E-state index contributed by atoms with van der Waals surface area (Å²) in [4.78, 5) is 24.8. The zero-order valence-corrected chi connectivity index (χ0v) is 11.8. The molecule has 0 aliphatic rings. The van der Waals surface area contributed by atoms with Crippen molar-refractivity contribution in [1.29, 1.82) is 0 Å². The van der Waals surface area contributed by atoms with Crippen LogP contribution in [-0.2, 0) is 16.0 Å². The summed E-state index contributed by atoms with van der Waals surface area (Å²) >= 11 is 1.56. The fourth-order valence-corrected chi connectivity index (χ4v) is 1.84. The first-order valence-electron chi connectivity index (χ1n) is 5.06. The van der Waals surface area contributed by atoms with Gasteiger partial charge in [0.2, 0.25) is 0 Å². The Labute approximate surface area is 119 Å². The van der Waals surface area contributed by atoms with Crippen molar-refractivity contribution in [3.63, 3.8) is 0 Å². The average Bonchev–Trinajstić information content (AvgIpc) is 2.23. The quantitative estimate of drug-likeness (QED) is 0.630. The van der Waals surface area contributed by atoms with Crippen LogP contribution in [0.5, 0.6) is 5.75 Å². The van der Waals surface area contributed by atoms with E-state index in [-0.39, 0.29) is 22.3 Å². The second-order valence-electron chi connectivity index (χ2n) is 3.32. The molecule has 5 nitrogen and oxygen atoms in total. The third-order valence-corrected chi connectivity index (χ3v) is 3.05. The zero-order valence-electron chi connectivity index (χ0n) is 9.64. The fraction of sp³-hybridized carbons (Fsp3) is 0.400. The highest BCUT2D eigenvalue weighted by atomic mass is 127. The highest BCUT2D eigenvalue weighted by molar-refractivity contribution is 14.1. The van der Waals surface area contributed by atoms with Crippen LogP contribution in [0, 0.1) is 3.57 Å². The third-order valence-electron chi connectivity index (χ3n) is 1.87. The Morgan fingerprint density at radius 1 is 1.47 bits per heavy atom. The van der Waals surface area contributed by atoms with Crippen molar-refractivity contribution in [1.82, 2.24) is 4.98 Å². The van der Waals surface area contributed by atoms with Crippen LogP contribution in [0.1, 0.15) is 12.6 Å². The highest BCUT2D eigenvalue weighted by Gasteiger charge is 2.32. The van der Waals surface area contributed by atoms with Crippen molar-refractivity contribution in [2.75, 3.05) is 6.61 Å². The molecule has 0 atom stereocenters. The van der Waals surface area contributed by atoms with E-state index in [0.717, 1.165) is 0 Å². The minimum absolute atomic E-state index is 0.00239. The summed E-state index contributed by atoms with van der Waals surface area (Å²) in [6.07, 6.45) is -5.24. The summed E-state index contributed by atoms with van der Waals surface area (Å²) in [6.45, 7) is 1.73. The molecule has 0 saturated carbocycles. The van der Waals surface area contributed by atoms with Crippen LogP contribution in [0.2, 0.25) is 0 Å². The van der Waals surface area contributed by atoms with Gasteiger partial charge in [0.1, 0.15) is 5.75 Å². The summed E-state index contributed by atoms with van der Waals surface area (Å²) in [5.74, 6) is -1.30. The molecule has 0 aromatic carbocycles. The summed E-state index contributed by atoms with van der Waals surface area (Å²) in [6, 6.07) is 0.671. The van der Waals surface area contributed by atoms with Gasteiger partial charge in [-0.2, -0.15) is 0 Å². The first kappa shape index (κ1) is 15.8. The number of nitrogens with one attached hydrogen (secondary N) is 1. The normalized spacial score (nSPS) is 11.2. The molecular weight excluding hydrogens is 382 g/mol. The molecule has 0 unspecified atom stereocenters. The molecule has 1 N–H and O–H groups in total. The zero-order chi connectivity index (χ0) is 14.6. The number of carbonyl (C=O) groups excluding carboxylic acids is 1. The van der Waals surface area contributed by atoms with E-state index in [1.165, 1.54) is 0 Å². The van der Waals surface area contributed by atoms with Gasteiger partial charge in [0, 0.05) is 11.8 Å². The lowest BCUT2D eigenvalue weighted by Crippen LogP contribution is -2.22. The van der Waals surface area contributed by atoms with Crippen LogP contribution in [0.25, 0.3) is 0 Å². The van der Waals surface area contributed by atoms with E-state index in [4.69, 9.17) is 0 Å². The Morgan fingerprint density at radius 3 is 2.63 bits per heavy atom. The predicted octanol–water partition coefficient (Wildman–Crippen LogP) is 1.98. The monoisotopic (exact) mass is 391 g/mol. The molecule has 1 aromatic rings. The number of halogens is 4. The van der Waals surface area contributed by atoms with Crippen molar-refractivity contribution < 1.29 is 27.4 Å². The molecule has 0 amide bonds. The van der Waals surface area contributed by atoms with Gasteiger partial charge < -0.3 is 14.5 Å². The number of aromatic amines is 1. The molecule has 0 radical (unpaired) electrons. The van der Waals surface area contributed by atoms with Crippen molar-refractivity contribution >= 4 is 28.6 Å². The van der Waals surface area contributed by atoms with E-state index in [1.54, 1.807) is 29.5 Å². The maximum absolute atomic E-state index is 12.1. The molecule has 0 bridgehead atoms. The van der Waals surface area contributed by atoms with Crippen molar-refractivity contribution in [2.45, 2.75) is 19.7 Å². The van der Waals surface area contributed by atoms with Gasteiger partial charge >= 0.3 is 12.3 Å². The third kappa shape index (κ3) is 5.09. The van der Waals surface area contributed by atoms with Gasteiger partial charge in [-0.15, -0.1) is 13.2 Å². The Hall–Kier alpha value is -1.26. The van der Waals surface area contributed by atoms with Gasteiger partial charge in [0.05, 0.1) is 16.6 Å². The van der Waals surface area contributed by atoms with E-state index < -0.39 is 23.6 Å². The Balaban J connectivity index is 3.06. The van der Waals surface area contributed by atoms with Gasteiger partial charge in [-0.05, 0) is 29.5 Å². The molecule has 1 rings (SSSR count). The van der Waals surface area contributed by atoms with E-state index in [9.17, 15) is 22.8 Å². The number of hydrogen-bond acceptors (Lipinski definition) is 4. The number of pyridine rings is 1. The van der Waals surface area contributed by atoms with Gasteiger partial charge in [-0.3, -0.25) is 9.59 Å². The lowest BCUT2D eigenvalue weighted by Gasteiger charge is -2.12. The largest absolute Gasteiger partial charge is 0.573 e. The van der Waals surface area contributed by atoms with Crippen LogP contribution >= 0.6 is 22.6 Å². The summed E-state index contributed by atoms with van der Waals surface area (Å²) in [5.41, 5.74) is -0.773. The number of ether oxygens (including phenoxy) is 2. The highest BCUT2D eigenvalue weighted by Crippen LogP contribution is 2.27. The molecule has 0 aliphatic carbocycles. The summed E-state index contributed by atoms with van der Waals surface area (Å²) in [7, 11) is 0. The van der Waals surface area contributed by atoms with Crippen LogP contribution < -0.4 is 10.3 Å². The maximum atomic E-state index is 12.1. The molecular formula is C10H9F3INO4. The first-order valence-corrected chi connectivity index (χ1v) is 6.14. The van der Waals surface area contributed by atoms with Gasteiger partial charge in [-0.25, -0.2) is 0 Å². The lowest BCUT2D eigenvalue weighted by atomic mass is 10.2. The standard InChI is InChI=1S/C10H9F3INO4/c1-2-18-8(17)3-5-9(14)6(4-7(16)15-5)19-10(11,12)13/h4H,2-3H2,1H3,(H,15,16). The minimum Gasteiger partial charge on any atom is -0.466 e. The van der Waals surface area contributed by atoms with Gasteiger partial charge in [0.25, 0.3) is 5.56 Å². The fourth-order valence-electron chi connectivity index (χ4n) is 1.25. The molecule has 1 heterocycles. The van der Waals surface area contributed by atoms with Crippen molar-refractivity contribution in [3.05, 3.63) is 25.7 Å². The van der Waals surface area contributed by atoms with E-state index in [0.29, 0.717) is 6.07 Å². The number of esters is 1. The smallest absolute Gasteiger partial charge is 0.466 e. The van der Waals surface area contributed by atoms with Crippen LogP contribution in [-0.4, -0.2) is 23.9 Å². The Kier molecular flexibility index (Phi) is 5.20. The minimum atomic E-state index is -4.91. The summed E-state index contributed by atoms with van der Waals surface area (Å²) < 4.78 is 44.8.